The van der Waals surface area contributed by atoms with Crippen molar-refractivity contribution in [1.29, 1.82) is 0 Å². The molecule has 222 valence electrons. The number of amides is 3. The van der Waals surface area contributed by atoms with Gasteiger partial charge >= 0.3 is 0 Å². The summed E-state index contributed by atoms with van der Waals surface area (Å²) in [5.41, 5.74) is 0.418. The molecule has 1 saturated carbocycles. The largest absolute Gasteiger partial charge is 0.372 e. The second-order valence-electron chi connectivity index (χ2n) is 11.9. The number of nitrogens with zero attached hydrogens (tertiary/aromatic N) is 1. The summed E-state index contributed by atoms with van der Waals surface area (Å²) in [6, 6.07) is 12.3. The van der Waals surface area contributed by atoms with Crippen LogP contribution in [-0.2, 0) is 29.8 Å². The highest BCUT2D eigenvalue weighted by molar-refractivity contribution is 7.94. The zero-order chi connectivity index (χ0) is 29.8. The van der Waals surface area contributed by atoms with Crippen LogP contribution in [0.2, 0.25) is 0 Å². The number of rotatable bonds is 7. The van der Waals surface area contributed by atoms with Gasteiger partial charge in [-0.25, -0.2) is 8.42 Å². The highest BCUT2D eigenvalue weighted by atomic mass is 32.2. The van der Waals surface area contributed by atoms with Gasteiger partial charge in [0, 0.05) is 36.4 Å². The molecule has 3 N–H and O–H groups in total. The maximum absolute atomic E-state index is 14.6. The Bertz CT molecular complexity index is 1540. The number of sulfone groups is 1. The standard InChI is InChI=1S/C31H34FN3O6S/c1-42(40,41)26(32)16-20(15-18-13-14-33-28(18)36)34-29(37)27-21-10-6-7-19(21)17-35(27)30(38)31(39)24-11-4-2-8-22(24)23-9-3-5-12-25(23)31/h2-5,8-9,11-12,16,18-21,27,39H,6-7,10,13-15,17H2,1H3,(H,33,36)(H,34,37). The van der Waals surface area contributed by atoms with Crippen LogP contribution in [0.15, 0.2) is 59.8 Å². The number of nitrogens with one attached hydrogen (secondary N) is 2. The third kappa shape index (κ3) is 4.72. The van der Waals surface area contributed by atoms with Crippen LogP contribution in [0.5, 0.6) is 0 Å². The van der Waals surface area contributed by atoms with E-state index in [4.69, 9.17) is 0 Å². The van der Waals surface area contributed by atoms with E-state index in [1.54, 1.807) is 24.3 Å². The molecule has 42 heavy (non-hydrogen) atoms. The van der Waals surface area contributed by atoms with Crippen molar-refractivity contribution >= 4 is 27.6 Å². The third-order valence-corrected chi connectivity index (χ3v) is 10.2. The fraction of sp³-hybridized carbons (Fsp3) is 0.452. The predicted molar refractivity (Wildman–Crippen MR) is 153 cm³/mol. The number of hydrogen-bond acceptors (Lipinski definition) is 6. The number of likely N-dealkylation sites (tertiary alicyclic amines) is 1. The molecule has 4 aliphatic rings. The Labute approximate surface area is 244 Å². The van der Waals surface area contributed by atoms with Crippen molar-refractivity contribution in [3.63, 3.8) is 0 Å². The molecule has 2 saturated heterocycles. The number of aliphatic hydroxyl groups is 1. The van der Waals surface area contributed by atoms with Crippen LogP contribution < -0.4 is 10.6 Å². The minimum atomic E-state index is -4.17. The highest BCUT2D eigenvalue weighted by Crippen LogP contribution is 2.50. The number of hydrogen-bond donors (Lipinski definition) is 3. The fourth-order valence-electron chi connectivity index (χ4n) is 7.40. The lowest BCUT2D eigenvalue weighted by molar-refractivity contribution is -0.152. The number of carbonyl (C=O) groups is 3. The maximum Gasteiger partial charge on any atom is 0.264 e. The van der Waals surface area contributed by atoms with Crippen molar-refractivity contribution in [3.05, 3.63) is 70.9 Å². The van der Waals surface area contributed by atoms with Crippen LogP contribution >= 0.6 is 0 Å². The lowest BCUT2D eigenvalue weighted by Crippen LogP contribution is -2.55. The van der Waals surface area contributed by atoms with Gasteiger partial charge in [-0.15, -0.1) is 0 Å². The molecular weight excluding hydrogens is 561 g/mol. The molecule has 2 aromatic carbocycles. The minimum absolute atomic E-state index is 0.0139. The number of benzene rings is 2. The van der Waals surface area contributed by atoms with E-state index in [0.717, 1.165) is 36.3 Å². The topological polar surface area (TPSA) is 133 Å². The van der Waals surface area contributed by atoms with E-state index in [1.165, 1.54) is 4.90 Å². The van der Waals surface area contributed by atoms with Crippen molar-refractivity contribution in [2.24, 2.45) is 17.8 Å². The van der Waals surface area contributed by atoms with Crippen LogP contribution in [0.1, 0.15) is 43.2 Å². The SMILES string of the molecule is CS(=O)(=O)C(F)=CC(CC1CCNC1=O)NC(=O)C1C2CCCC2CN1C(=O)C1(O)c2ccccc2-c2ccccc21. The van der Waals surface area contributed by atoms with E-state index >= 15 is 0 Å². The van der Waals surface area contributed by atoms with Crippen molar-refractivity contribution in [2.75, 3.05) is 19.3 Å². The summed E-state index contributed by atoms with van der Waals surface area (Å²) < 4.78 is 38.4. The lowest BCUT2D eigenvalue weighted by atomic mass is 9.88. The Balaban J connectivity index is 1.34. The van der Waals surface area contributed by atoms with Gasteiger partial charge in [0.05, 0.1) is 6.04 Å². The molecule has 2 heterocycles. The van der Waals surface area contributed by atoms with Gasteiger partial charge < -0.3 is 20.6 Å². The highest BCUT2D eigenvalue weighted by Gasteiger charge is 2.56. The van der Waals surface area contributed by atoms with E-state index in [1.807, 2.05) is 24.3 Å². The molecule has 2 aliphatic carbocycles. The maximum atomic E-state index is 14.6. The summed E-state index contributed by atoms with van der Waals surface area (Å²) in [7, 11) is -4.17. The van der Waals surface area contributed by atoms with Gasteiger partial charge in [0.2, 0.25) is 26.8 Å². The van der Waals surface area contributed by atoms with Crippen LogP contribution in [-0.4, -0.2) is 67.6 Å². The van der Waals surface area contributed by atoms with Crippen molar-refractivity contribution < 1.29 is 32.3 Å². The van der Waals surface area contributed by atoms with Crippen molar-refractivity contribution in [1.82, 2.24) is 15.5 Å². The smallest absolute Gasteiger partial charge is 0.264 e. The van der Waals surface area contributed by atoms with Crippen molar-refractivity contribution in [3.8, 4) is 11.1 Å². The third-order valence-electron chi connectivity index (χ3n) is 9.37. The van der Waals surface area contributed by atoms with E-state index in [2.05, 4.69) is 10.6 Å². The van der Waals surface area contributed by atoms with E-state index < -0.39 is 50.4 Å². The molecule has 0 aromatic heterocycles. The summed E-state index contributed by atoms with van der Waals surface area (Å²) >= 11 is 0. The van der Waals surface area contributed by atoms with Gasteiger partial charge in [0.1, 0.15) is 6.04 Å². The molecule has 5 unspecified atom stereocenters. The number of halogens is 1. The zero-order valence-electron chi connectivity index (χ0n) is 23.3. The summed E-state index contributed by atoms with van der Waals surface area (Å²) in [5.74, 6) is -2.02. The van der Waals surface area contributed by atoms with E-state index in [-0.39, 0.29) is 30.7 Å². The molecule has 2 aromatic rings. The van der Waals surface area contributed by atoms with Gasteiger partial charge in [-0.1, -0.05) is 55.0 Å². The van der Waals surface area contributed by atoms with Crippen molar-refractivity contribution in [2.45, 2.75) is 49.8 Å². The summed E-state index contributed by atoms with van der Waals surface area (Å²) in [4.78, 5) is 42.2. The Morgan fingerprint density at radius 2 is 1.76 bits per heavy atom. The van der Waals surface area contributed by atoms with E-state index in [0.29, 0.717) is 30.5 Å². The number of carbonyl (C=O) groups excluding carboxylic acids is 3. The first kappa shape index (κ1) is 28.5. The van der Waals surface area contributed by atoms with Gasteiger partial charge in [0.15, 0.2) is 5.60 Å². The second kappa shape index (κ2) is 10.6. The number of fused-ring (bicyclic) bond motifs is 4. The molecule has 6 rings (SSSR count). The quantitative estimate of drug-likeness (QED) is 0.451. The summed E-state index contributed by atoms with van der Waals surface area (Å²) in [6.45, 7) is 0.732. The molecule has 0 spiro atoms. The molecule has 3 amide bonds. The first-order valence-corrected chi connectivity index (χ1v) is 16.3. The van der Waals surface area contributed by atoms with Crippen LogP contribution in [0.3, 0.4) is 0 Å². The molecule has 2 aliphatic heterocycles. The molecule has 5 atom stereocenters. The summed E-state index contributed by atoms with van der Waals surface area (Å²) in [6.07, 6.45) is 4.50. The Morgan fingerprint density at radius 1 is 1.12 bits per heavy atom. The summed E-state index contributed by atoms with van der Waals surface area (Å²) in [5, 5.41) is 16.3. The lowest BCUT2D eigenvalue weighted by Gasteiger charge is -2.34. The van der Waals surface area contributed by atoms with Crippen LogP contribution in [0.4, 0.5) is 4.39 Å². The first-order chi connectivity index (χ1) is 20.0. The monoisotopic (exact) mass is 595 g/mol. The first-order valence-electron chi connectivity index (χ1n) is 14.4. The molecule has 3 fully saturated rings. The molecule has 0 radical (unpaired) electrons. The molecular formula is C31H34FN3O6S. The van der Waals surface area contributed by atoms with E-state index in [9.17, 15) is 32.3 Å². The predicted octanol–water partition coefficient (Wildman–Crippen LogP) is 2.40. The molecule has 0 bridgehead atoms. The Morgan fingerprint density at radius 3 is 2.36 bits per heavy atom. The minimum Gasteiger partial charge on any atom is -0.372 e. The second-order valence-corrected chi connectivity index (χ2v) is 13.9. The average Bonchev–Trinajstić information content (AvgIpc) is 3.72. The average molecular weight is 596 g/mol. The zero-order valence-corrected chi connectivity index (χ0v) is 24.1. The Hall–Kier alpha value is -3.57. The van der Waals surface area contributed by atoms with Gasteiger partial charge in [0.25, 0.3) is 5.91 Å². The molecule has 11 heteroatoms. The van der Waals surface area contributed by atoms with Gasteiger partial charge in [-0.3, -0.25) is 14.4 Å². The van der Waals surface area contributed by atoms with Gasteiger partial charge in [-0.2, -0.15) is 4.39 Å². The normalized spacial score (nSPS) is 26.8. The van der Waals surface area contributed by atoms with Gasteiger partial charge in [-0.05, 0) is 54.7 Å². The Kier molecular flexibility index (Phi) is 7.21. The fourth-order valence-corrected chi connectivity index (χ4v) is 7.81. The molecule has 9 nitrogen and oxygen atoms in total. The van der Waals surface area contributed by atoms with Crippen LogP contribution in [0.25, 0.3) is 11.1 Å². The van der Waals surface area contributed by atoms with Crippen LogP contribution in [0, 0.1) is 17.8 Å².